The van der Waals surface area contributed by atoms with Gasteiger partial charge in [0.25, 0.3) is 5.91 Å². The number of amides is 2. The van der Waals surface area contributed by atoms with E-state index >= 15 is 0 Å². The molecule has 1 aromatic carbocycles. The number of hydrogen-bond acceptors (Lipinski definition) is 2. The summed E-state index contributed by atoms with van der Waals surface area (Å²) in [5, 5.41) is 3.25. The van der Waals surface area contributed by atoms with Crippen LogP contribution in [0, 0.1) is 11.7 Å². The number of piperidine rings is 1. The zero-order chi connectivity index (χ0) is 18.4. The second kappa shape index (κ2) is 9.15. The lowest BCUT2D eigenvalue weighted by atomic mass is 9.93. The Balaban J connectivity index is 1.47. The molecule has 1 aliphatic carbocycles. The highest BCUT2D eigenvalue weighted by atomic mass is 19.1. The fourth-order valence-corrected chi connectivity index (χ4v) is 4.04. The van der Waals surface area contributed by atoms with Gasteiger partial charge in [0.1, 0.15) is 5.82 Å². The maximum atomic E-state index is 13.0. The van der Waals surface area contributed by atoms with Crippen LogP contribution in [-0.2, 0) is 4.79 Å². The molecule has 0 aromatic heterocycles. The highest BCUT2D eigenvalue weighted by Gasteiger charge is 2.29. The van der Waals surface area contributed by atoms with Crippen LogP contribution in [0.4, 0.5) is 4.39 Å². The lowest BCUT2D eigenvalue weighted by Gasteiger charge is -2.32. The number of likely N-dealkylation sites (tertiary alicyclic amines) is 1. The van der Waals surface area contributed by atoms with Crippen molar-refractivity contribution in [3.8, 4) is 0 Å². The van der Waals surface area contributed by atoms with Gasteiger partial charge in [-0.2, -0.15) is 0 Å². The first kappa shape index (κ1) is 18.9. The Kier molecular flexibility index (Phi) is 6.64. The lowest BCUT2D eigenvalue weighted by molar-refractivity contribution is -0.127. The molecule has 1 N–H and O–H groups in total. The van der Waals surface area contributed by atoms with Gasteiger partial charge >= 0.3 is 0 Å². The second-order valence-corrected chi connectivity index (χ2v) is 7.62. The number of benzene rings is 1. The minimum Gasteiger partial charge on any atom is -0.353 e. The topological polar surface area (TPSA) is 49.4 Å². The first-order valence-corrected chi connectivity index (χ1v) is 9.99. The zero-order valence-corrected chi connectivity index (χ0v) is 15.4. The largest absolute Gasteiger partial charge is 0.353 e. The van der Waals surface area contributed by atoms with Gasteiger partial charge in [-0.05, 0) is 49.9 Å². The molecular formula is C21H29FN2O2. The molecule has 142 valence electrons. The minimum absolute atomic E-state index is 0.00212. The molecule has 1 heterocycles. The number of halogens is 1. The van der Waals surface area contributed by atoms with Crippen molar-refractivity contribution in [3.63, 3.8) is 0 Å². The quantitative estimate of drug-likeness (QED) is 0.888. The van der Waals surface area contributed by atoms with E-state index in [0.29, 0.717) is 37.5 Å². The van der Waals surface area contributed by atoms with Crippen molar-refractivity contribution in [2.45, 2.75) is 63.8 Å². The van der Waals surface area contributed by atoms with Crippen LogP contribution < -0.4 is 5.32 Å². The molecule has 1 saturated heterocycles. The minimum atomic E-state index is -0.342. The Labute approximate surface area is 155 Å². The van der Waals surface area contributed by atoms with E-state index in [1.54, 1.807) is 4.90 Å². The molecule has 1 aliphatic heterocycles. The van der Waals surface area contributed by atoms with Gasteiger partial charge in [0.2, 0.25) is 5.91 Å². The predicted octanol–water partition coefficient (Wildman–Crippen LogP) is 3.91. The number of nitrogens with one attached hydrogen (secondary N) is 1. The van der Waals surface area contributed by atoms with E-state index in [2.05, 4.69) is 5.32 Å². The van der Waals surface area contributed by atoms with Gasteiger partial charge < -0.3 is 10.2 Å². The Bertz CT molecular complexity index is 601. The zero-order valence-electron chi connectivity index (χ0n) is 15.4. The van der Waals surface area contributed by atoms with Crippen molar-refractivity contribution < 1.29 is 14.0 Å². The van der Waals surface area contributed by atoms with E-state index in [1.165, 1.54) is 56.4 Å². The monoisotopic (exact) mass is 360 g/mol. The standard InChI is InChI=1S/C21H29FN2O2/c22-18-10-8-17(9-11-18)21(26)24-14-12-16(13-15-24)20(25)23-19-6-4-2-1-3-5-7-19/h8-11,16,19H,1-7,12-15H2,(H,23,25). The molecule has 0 unspecified atom stereocenters. The lowest BCUT2D eigenvalue weighted by Crippen LogP contribution is -2.45. The van der Waals surface area contributed by atoms with Crippen LogP contribution >= 0.6 is 0 Å². The summed E-state index contributed by atoms with van der Waals surface area (Å²) < 4.78 is 13.0. The van der Waals surface area contributed by atoms with Gasteiger partial charge in [-0.25, -0.2) is 4.39 Å². The van der Waals surface area contributed by atoms with Crippen LogP contribution in [-0.4, -0.2) is 35.8 Å². The maximum absolute atomic E-state index is 13.0. The Morgan fingerprint density at radius 3 is 2.08 bits per heavy atom. The van der Waals surface area contributed by atoms with Gasteiger partial charge in [-0.1, -0.05) is 32.1 Å². The average Bonchev–Trinajstić information content (AvgIpc) is 2.64. The summed E-state index contributed by atoms with van der Waals surface area (Å²) in [5.41, 5.74) is 0.504. The van der Waals surface area contributed by atoms with Gasteiger partial charge in [0.15, 0.2) is 0 Å². The maximum Gasteiger partial charge on any atom is 0.253 e. The average molecular weight is 360 g/mol. The summed E-state index contributed by atoms with van der Waals surface area (Å²) in [5.74, 6) is -0.266. The van der Waals surface area contributed by atoms with Crippen LogP contribution in [0.2, 0.25) is 0 Å². The van der Waals surface area contributed by atoms with Crippen molar-refractivity contribution in [1.82, 2.24) is 10.2 Å². The predicted molar refractivity (Wildman–Crippen MR) is 99.3 cm³/mol. The first-order chi connectivity index (χ1) is 12.6. The van der Waals surface area contributed by atoms with Gasteiger partial charge in [-0.15, -0.1) is 0 Å². The van der Waals surface area contributed by atoms with Crippen molar-refractivity contribution in [1.29, 1.82) is 0 Å². The normalized spacial score (nSPS) is 20.3. The highest BCUT2D eigenvalue weighted by Crippen LogP contribution is 2.22. The fourth-order valence-electron chi connectivity index (χ4n) is 4.04. The fraction of sp³-hybridized carbons (Fsp3) is 0.619. The number of carbonyl (C=O) groups is 2. The molecule has 0 bridgehead atoms. The SMILES string of the molecule is O=C(NC1CCCCCCC1)C1CCN(C(=O)c2ccc(F)cc2)CC1. The number of nitrogens with zero attached hydrogens (tertiary/aromatic N) is 1. The van der Waals surface area contributed by atoms with Crippen molar-refractivity contribution in [3.05, 3.63) is 35.6 Å². The second-order valence-electron chi connectivity index (χ2n) is 7.62. The van der Waals surface area contributed by atoms with E-state index < -0.39 is 0 Å². The smallest absolute Gasteiger partial charge is 0.253 e. The molecule has 1 aromatic rings. The third kappa shape index (κ3) is 5.05. The van der Waals surface area contributed by atoms with Crippen molar-refractivity contribution in [2.24, 2.45) is 5.92 Å². The van der Waals surface area contributed by atoms with Gasteiger partial charge in [0.05, 0.1) is 0 Å². The molecule has 4 nitrogen and oxygen atoms in total. The van der Waals surface area contributed by atoms with Crippen LogP contribution in [0.5, 0.6) is 0 Å². The molecule has 0 spiro atoms. The Hall–Kier alpha value is -1.91. The Morgan fingerprint density at radius 1 is 0.885 bits per heavy atom. The van der Waals surface area contributed by atoms with E-state index in [0.717, 1.165) is 12.8 Å². The molecule has 2 fully saturated rings. The molecule has 26 heavy (non-hydrogen) atoms. The summed E-state index contributed by atoms with van der Waals surface area (Å²) in [6.07, 6.45) is 9.86. The molecular weight excluding hydrogens is 331 g/mol. The molecule has 2 aliphatic rings. The van der Waals surface area contributed by atoms with Crippen LogP contribution in [0.15, 0.2) is 24.3 Å². The van der Waals surface area contributed by atoms with Crippen LogP contribution in [0.3, 0.4) is 0 Å². The summed E-state index contributed by atoms with van der Waals surface area (Å²) in [4.78, 5) is 26.8. The number of hydrogen-bond donors (Lipinski definition) is 1. The van der Waals surface area contributed by atoms with Gasteiger partial charge in [0, 0.05) is 30.6 Å². The van der Waals surface area contributed by atoms with Crippen molar-refractivity contribution in [2.75, 3.05) is 13.1 Å². The van der Waals surface area contributed by atoms with E-state index in [1.807, 2.05) is 0 Å². The molecule has 0 radical (unpaired) electrons. The van der Waals surface area contributed by atoms with E-state index in [9.17, 15) is 14.0 Å². The van der Waals surface area contributed by atoms with Crippen LogP contribution in [0.25, 0.3) is 0 Å². The van der Waals surface area contributed by atoms with Crippen molar-refractivity contribution >= 4 is 11.8 Å². The summed E-state index contributed by atoms with van der Waals surface area (Å²) in [7, 11) is 0. The van der Waals surface area contributed by atoms with E-state index in [4.69, 9.17) is 0 Å². The molecule has 2 amide bonds. The van der Waals surface area contributed by atoms with E-state index in [-0.39, 0.29) is 23.5 Å². The number of rotatable bonds is 3. The highest BCUT2D eigenvalue weighted by molar-refractivity contribution is 5.94. The third-order valence-electron chi connectivity index (χ3n) is 5.70. The molecule has 3 rings (SSSR count). The third-order valence-corrected chi connectivity index (χ3v) is 5.70. The van der Waals surface area contributed by atoms with Gasteiger partial charge in [-0.3, -0.25) is 9.59 Å². The summed E-state index contributed by atoms with van der Waals surface area (Å²) >= 11 is 0. The first-order valence-electron chi connectivity index (χ1n) is 9.99. The molecule has 0 atom stereocenters. The molecule has 5 heteroatoms. The number of carbonyl (C=O) groups excluding carboxylic acids is 2. The summed E-state index contributed by atoms with van der Waals surface area (Å²) in [6.45, 7) is 1.16. The van der Waals surface area contributed by atoms with Crippen LogP contribution in [0.1, 0.15) is 68.1 Å². The molecule has 1 saturated carbocycles. The summed E-state index contributed by atoms with van der Waals surface area (Å²) in [6, 6.07) is 5.97. The Morgan fingerprint density at radius 2 is 1.46 bits per heavy atom.